The fourth-order valence-electron chi connectivity index (χ4n) is 6.66. The zero-order chi connectivity index (χ0) is 29.9. The molecule has 4 heterocycles. The Balaban J connectivity index is 1.48. The van der Waals surface area contributed by atoms with E-state index < -0.39 is 0 Å². The van der Waals surface area contributed by atoms with Crippen molar-refractivity contribution in [2.24, 2.45) is 16.8 Å². The molecule has 13 heteroatoms. The van der Waals surface area contributed by atoms with Crippen LogP contribution in [0, 0.1) is 11.8 Å². The Morgan fingerprint density at radius 1 is 1.19 bits per heavy atom. The number of allylic oxidation sites excluding steroid dienone is 3. The molecule has 2 fully saturated rings. The smallest absolute Gasteiger partial charge is 0.199 e. The first-order valence-corrected chi connectivity index (χ1v) is 15.7. The molecule has 43 heavy (non-hydrogen) atoms. The molecular weight excluding hydrogens is 591 g/mol. The molecule has 0 aromatic carbocycles. The van der Waals surface area contributed by atoms with Crippen LogP contribution in [0.2, 0.25) is 10.3 Å². The second-order valence-corrected chi connectivity index (χ2v) is 12.5. The molecule has 0 amide bonds. The van der Waals surface area contributed by atoms with Gasteiger partial charge in [-0.15, -0.1) is 4.99 Å². The van der Waals surface area contributed by atoms with Gasteiger partial charge in [0.25, 0.3) is 0 Å². The van der Waals surface area contributed by atoms with E-state index in [1.165, 1.54) is 31.3 Å². The fourth-order valence-corrected chi connectivity index (χ4v) is 7.12. The molecule has 1 saturated heterocycles. The van der Waals surface area contributed by atoms with Crippen LogP contribution in [0.1, 0.15) is 51.3 Å². The molecular formula is C30H38Cl2N8O3. The molecule has 2 aromatic heterocycles. The highest BCUT2D eigenvalue weighted by atomic mass is 35.5. The normalized spacial score (nSPS) is 26.2. The molecule has 0 bridgehead atoms. The molecule has 11 nitrogen and oxygen atoms in total. The van der Waals surface area contributed by atoms with Crippen LogP contribution >= 0.6 is 23.2 Å². The third kappa shape index (κ3) is 6.52. The van der Waals surface area contributed by atoms with Crippen molar-refractivity contribution in [3.8, 4) is 11.3 Å². The second kappa shape index (κ2) is 13.5. The molecule has 2 aromatic rings. The third-order valence-electron chi connectivity index (χ3n) is 8.89. The highest BCUT2D eigenvalue weighted by Gasteiger charge is 2.43. The molecule has 3 N–H and O–H groups in total. The molecule has 4 aliphatic rings. The van der Waals surface area contributed by atoms with E-state index in [1.54, 1.807) is 19.2 Å². The van der Waals surface area contributed by atoms with Crippen molar-refractivity contribution in [3.63, 3.8) is 0 Å². The van der Waals surface area contributed by atoms with Crippen molar-refractivity contribution in [3.05, 3.63) is 52.1 Å². The van der Waals surface area contributed by atoms with Gasteiger partial charge in [0, 0.05) is 25.7 Å². The van der Waals surface area contributed by atoms with Crippen LogP contribution in [0.25, 0.3) is 11.3 Å². The van der Waals surface area contributed by atoms with E-state index in [0.29, 0.717) is 36.2 Å². The number of aliphatic imine (C=N–C) groups is 1. The highest BCUT2D eigenvalue weighted by Crippen LogP contribution is 2.44. The Bertz CT molecular complexity index is 1390. The first-order chi connectivity index (χ1) is 20.9. The summed E-state index contributed by atoms with van der Waals surface area (Å²) in [6.45, 7) is 5.23. The number of anilines is 2. The predicted octanol–water partition coefficient (Wildman–Crippen LogP) is 5.54. The van der Waals surface area contributed by atoms with E-state index in [2.05, 4.69) is 60.7 Å². The van der Waals surface area contributed by atoms with Crippen LogP contribution in [0.15, 0.2) is 40.9 Å². The van der Waals surface area contributed by atoms with E-state index in [0.717, 1.165) is 37.5 Å². The average Bonchev–Trinajstić information content (AvgIpc) is 3.38. The molecule has 2 aliphatic carbocycles. The monoisotopic (exact) mass is 628 g/mol. The molecule has 0 unspecified atom stereocenters. The molecule has 1 saturated carbocycles. The fraction of sp³-hybridized carbons (Fsp3) is 0.533. The number of hydrogen-bond donors (Lipinski definition) is 3. The number of pyridine rings is 1. The number of hydrogen-bond acceptors (Lipinski definition) is 10. The number of halogens is 2. The second-order valence-electron chi connectivity index (χ2n) is 11.7. The maximum atomic E-state index is 9.15. The summed E-state index contributed by atoms with van der Waals surface area (Å²) in [5, 5.41) is 13.4. The van der Waals surface area contributed by atoms with Crippen molar-refractivity contribution in [2.45, 2.75) is 57.8 Å². The van der Waals surface area contributed by atoms with Crippen LogP contribution in [0.3, 0.4) is 0 Å². The number of ether oxygens (including phenoxy) is 1. The zero-order valence-corrected chi connectivity index (χ0v) is 26.0. The molecule has 6 rings (SSSR count). The standard InChI is InChI=1S/C30H38Cl2N8O3/c1-18-8-10-19(11-9-18)16-40-26-25(21-14-23(31)34-24(32)15-21)35-29(28(33-2)38-43-41)36-27(26)37-30(40)39-12-13-42-17-22(39)20-6-4-3-5-7-20/h3-4,6,14-15,18-19,22,30,41H,5,7-13,16-17H2,1-2H3,(H,33,38)(H,35,36,37)/t18?,19?,22-,30-/m0/s1. The van der Waals surface area contributed by atoms with Gasteiger partial charge in [-0.1, -0.05) is 66.8 Å². The Kier molecular flexibility index (Phi) is 9.46. The number of nitrogens with zero attached hydrogens (tertiary/aromatic N) is 6. The predicted molar refractivity (Wildman–Crippen MR) is 168 cm³/mol. The quantitative estimate of drug-likeness (QED) is 0.119. The van der Waals surface area contributed by atoms with Crippen LogP contribution in [-0.2, 0) is 9.73 Å². The Hall–Kier alpha value is -2.80. The SMILES string of the molecule is CN=C(NOO)c1nc2c(c(-c3cc(Cl)nc(Cl)c3)n1)N(CC1CCC(C)CC1)[C@H](N1CCOC[C@H]1C1=CC=CCC1)N2. The highest BCUT2D eigenvalue weighted by molar-refractivity contribution is 6.32. The first-order valence-electron chi connectivity index (χ1n) is 15.0. The number of aromatic nitrogens is 3. The van der Waals surface area contributed by atoms with Gasteiger partial charge in [-0.25, -0.2) is 25.7 Å². The van der Waals surface area contributed by atoms with Crippen molar-refractivity contribution in [2.75, 3.05) is 43.6 Å². The van der Waals surface area contributed by atoms with Gasteiger partial charge in [-0.05, 0) is 49.7 Å². The van der Waals surface area contributed by atoms with Crippen molar-refractivity contribution < 1.29 is 15.0 Å². The van der Waals surface area contributed by atoms with Gasteiger partial charge in [0.05, 0.1) is 19.3 Å². The molecule has 0 spiro atoms. The number of nitrogens with one attached hydrogen (secondary N) is 2. The van der Waals surface area contributed by atoms with Gasteiger partial charge in [0.1, 0.15) is 21.7 Å². The van der Waals surface area contributed by atoms with Crippen LogP contribution in [-0.4, -0.2) is 76.6 Å². The lowest BCUT2D eigenvalue weighted by atomic mass is 9.82. The third-order valence-corrected chi connectivity index (χ3v) is 9.28. The lowest BCUT2D eigenvalue weighted by Gasteiger charge is -2.45. The van der Waals surface area contributed by atoms with Crippen LogP contribution in [0.4, 0.5) is 11.5 Å². The number of hydroxylamine groups is 1. The van der Waals surface area contributed by atoms with Crippen LogP contribution < -0.4 is 15.7 Å². The lowest BCUT2D eigenvalue weighted by Crippen LogP contribution is -2.59. The van der Waals surface area contributed by atoms with Crippen LogP contribution in [0.5, 0.6) is 0 Å². The molecule has 2 aliphatic heterocycles. The zero-order valence-electron chi connectivity index (χ0n) is 24.5. The Labute approximate surface area is 261 Å². The minimum absolute atomic E-state index is 0.123. The minimum atomic E-state index is -0.185. The average molecular weight is 630 g/mol. The van der Waals surface area contributed by atoms with Crippen molar-refractivity contribution in [1.29, 1.82) is 0 Å². The van der Waals surface area contributed by atoms with E-state index in [9.17, 15) is 0 Å². The maximum absolute atomic E-state index is 9.15. The number of rotatable bonds is 7. The number of morpholine rings is 1. The van der Waals surface area contributed by atoms with E-state index in [-0.39, 0.29) is 34.3 Å². The summed E-state index contributed by atoms with van der Waals surface area (Å²) < 4.78 is 6.03. The van der Waals surface area contributed by atoms with Gasteiger partial charge < -0.3 is 15.0 Å². The Morgan fingerprint density at radius 3 is 2.67 bits per heavy atom. The lowest BCUT2D eigenvalue weighted by molar-refractivity contribution is -0.273. The van der Waals surface area contributed by atoms with Gasteiger partial charge in [-0.3, -0.25) is 9.89 Å². The van der Waals surface area contributed by atoms with Gasteiger partial charge in [-0.2, -0.15) is 0 Å². The van der Waals surface area contributed by atoms with Crippen molar-refractivity contribution >= 4 is 40.5 Å². The topological polar surface area (TPSA) is 120 Å². The van der Waals surface area contributed by atoms with E-state index in [4.69, 9.17) is 43.2 Å². The Morgan fingerprint density at radius 2 is 1.98 bits per heavy atom. The number of amidine groups is 1. The molecule has 230 valence electrons. The first kappa shape index (κ1) is 30.2. The minimum Gasteiger partial charge on any atom is -0.378 e. The summed E-state index contributed by atoms with van der Waals surface area (Å²) in [4.78, 5) is 27.3. The molecule has 0 radical (unpaired) electrons. The molecule has 2 atom stereocenters. The van der Waals surface area contributed by atoms with E-state index in [1.807, 2.05) is 0 Å². The largest absolute Gasteiger partial charge is 0.378 e. The summed E-state index contributed by atoms with van der Waals surface area (Å²) in [5.74, 6) is 2.34. The summed E-state index contributed by atoms with van der Waals surface area (Å²) in [5.41, 5.74) is 5.96. The maximum Gasteiger partial charge on any atom is 0.199 e. The summed E-state index contributed by atoms with van der Waals surface area (Å²) in [7, 11) is 1.56. The summed E-state index contributed by atoms with van der Waals surface area (Å²) in [6.07, 6.45) is 13.2. The summed E-state index contributed by atoms with van der Waals surface area (Å²) in [6, 6.07) is 3.63. The van der Waals surface area contributed by atoms with Gasteiger partial charge >= 0.3 is 0 Å². The van der Waals surface area contributed by atoms with E-state index >= 15 is 0 Å². The van der Waals surface area contributed by atoms with Crippen molar-refractivity contribution in [1.82, 2.24) is 25.3 Å². The number of fused-ring (bicyclic) bond motifs is 1. The van der Waals surface area contributed by atoms with Gasteiger partial charge in [0.2, 0.25) is 0 Å². The van der Waals surface area contributed by atoms with Gasteiger partial charge in [0.15, 0.2) is 23.8 Å². The summed E-state index contributed by atoms with van der Waals surface area (Å²) >= 11 is 12.8.